The van der Waals surface area contributed by atoms with Crippen LogP contribution in [0.3, 0.4) is 0 Å². The summed E-state index contributed by atoms with van der Waals surface area (Å²) >= 11 is 0. The van der Waals surface area contributed by atoms with Crippen molar-refractivity contribution in [2.24, 2.45) is 4.99 Å². The van der Waals surface area contributed by atoms with Crippen LogP contribution in [0.15, 0.2) is 29.3 Å². The van der Waals surface area contributed by atoms with Gasteiger partial charge in [-0.1, -0.05) is 32.0 Å². The van der Waals surface area contributed by atoms with Crippen molar-refractivity contribution in [3.8, 4) is 5.75 Å². The highest BCUT2D eigenvalue weighted by atomic mass is 16.5. The quantitative estimate of drug-likeness (QED) is 0.567. The van der Waals surface area contributed by atoms with Crippen LogP contribution in [0.2, 0.25) is 0 Å². The Hall–Kier alpha value is -1.75. The van der Waals surface area contributed by atoms with Crippen LogP contribution in [0.25, 0.3) is 0 Å². The van der Waals surface area contributed by atoms with Gasteiger partial charge in [-0.05, 0) is 39.9 Å². The summed E-state index contributed by atoms with van der Waals surface area (Å²) in [7, 11) is 1.79. The van der Waals surface area contributed by atoms with Crippen molar-refractivity contribution in [1.82, 2.24) is 15.5 Å². The summed E-state index contributed by atoms with van der Waals surface area (Å²) in [5.74, 6) is 1.73. The van der Waals surface area contributed by atoms with Crippen molar-refractivity contribution in [2.45, 2.75) is 46.7 Å². The predicted molar refractivity (Wildman–Crippen MR) is 103 cm³/mol. The van der Waals surface area contributed by atoms with Gasteiger partial charge in [0.25, 0.3) is 0 Å². The van der Waals surface area contributed by atoms with E-state index in [1.54, 1.807) is 7.05 Å². The fraction of sp³-hybridized carbons (Fsp3) is 0.632. The summed E-state index contributed by atoms with van der Waals surface area (Å²) in [6, 6.07) is 8.16. The average molecular weight is 335 g/mol. The minimum Gasteiger partial charge on any atom is -0.492 e. The monoisotopic (exact) mass is 334 g/mol. The fourth-order valence-corrected chi connectivity index (χ4v) is 2.33. The first-order valence-electron chi connectivity index (χ1n) is 8.81. The Morgan fingerprint density at radius 1 is 1.17 bits per heavy atom. The smallest absolute Gasteiger partial charge is 0.191 e. The fourth-order valence-electron chi connectivity index (χ4n) is 2.33. The van der Waals surface area contributed by atoms with Crippen molar-refractivity contribution < 1.29 is 4.74 Å². The molecular weight excluding hydrogens is 300 g/mol. The zero-order chi connectivity index (χ0) is 18.0. The molecule has 0 heterocycles. The molecule has 0 spiro atoms. The van der Waals surface area contributed by atoms with E-state index in [-0.39, 0.29) is 5.54 Å². The Balaban J connectivity index is 2.60. The van der Waals surface area contributed by atoms with Gasteiger partial charge in [0.1, 0.15) is 12.4 Å². The maximum atomic E-state index is 6.00. The SMILES string of the molecule is CCN(CC)CCOc1ccccc1CNC(=NC)NC(C)(C)C. The van der Waals surface area contributed by atoms with Gasteiger partial charge >= 0.3 is 0 Å². The molecule has 0 radical (unpaired) electrons. The first kappa shape index (κ1) is 20.3. The second-order valence-corrected chi connectivity index (χ2v) is 6.78. The predicted octanol–water partition coefficient (Wildman–Crippen LogP) is 2.87. The molecule has 0 amide bonds. The van der Waals surface area contributed by atoms with Gasteiger partial charge in [-0.25, -0.2) is 0 Å². The molecule has 0 aliphatic carbocycles. The van der Waals surface area contributed by atoms with Crippen LogP contribution >= 0.6 is 0 Å². The molecule has 0 aromatic heterocycles. The lowest BCUT2D eigenvalue weighted by Gasteiger charge is -2.24. The number of guanidine groups is 1. The minimum absolute atomic E-state index is 0.0262. The van der Waals surface area contributed by atoms with E-state index in [0.717, 1.165) is 36.9 Å². The highest BCUT2D eigenvalue weighted by molar-refractivity contribution is 5.80. The van der Waals surface area contributed by atoms with E-state index < -0.39 is 0 Å². The molecule has 0 saturated heterocycles. The Kier molecular flexibility index (Phi) is 8.61. The van der Waals surface area contributed by atoms with E-state index in [0.29, 0.717) is 13.2 Å². The van der Waals surface area contributed by atoms with E-state index in [9.17, 15) is 0 Å². The molecule has 0 saturated carbocycles. The van der Waals surface area contributed by atoms with Crippen molar-refractivity contribution in [2.75, 3.05) is 33.3 Å². The number of benzene rings is 1. The molecule has 136 valence electrons. The lowest BCUT2D eigenvalue weighted by atomic mass is 10.1. The Morgan fingerprint density at radius 2 is 1.83 bits per heavy atom. The van der Waals surface area contributed by atoms with Gasteiger partial charge in [0.2, 0.25) is 0 Å². The molecule has 5 heteroatoms. The van der Waals surface area contributed by atoms with Crippen LogP contribution in [0, 0.1) is 0 Å². The molecule has 1 aromatic carbocycles. The molecular formula is C19H34N4O. The van der Waals surface area contributed by atoms with Crippen LogP contribution in [0.1, 0.15) is 40.2 Å². The Bertz CT molecular complexity index is 504. The number of ether oxygens (including phenoxy) is 1. The Labute approximate surface area is 147 Å². The topological polar surface area (TPSA) is 48.9 Å². The minimum atomic E-state index is -0.0262. The van der Waals surface area contributed by atoms with E-state index in [2.05, 4.69) is 61.2 Å². The van der Waals surface area contributed by atoms with Gasteiger partial charge in [0.05, 0.1) is 0 Å². The highest BCUT2D eigenvalue weighted by Gasteiger charge is 2.12. The number of nitrogens with zero attached hydrogens (tertiary/aromatic N) is 2. The third-order valence-corrected chi connectivity index (χ3v) is 3.70. The van der Waals surface area contributed by atoms with E-state index in [4.69, 9.17) is 4.74 Å². The molecule has 0 bridgehead atoms. The summed E-state index contributed by atoms with van der Waals surface area (Å²) in [6.45, 7) is 15.1. The van der Waals surface area contributed by atoms with Crippen LogP contribution in [0.5, 0.6) is 5.75 Å². The van der Waals surface area contributed by atoms with Gasteiger partial charge < -0.3 is 20.3 Å². The third-order valence-electron chi connectivity index (χ3n) is 3.70. The molecule has 2 N–H and O–H groups in total. The average Bonchev–Trinajstić information content (AvgIpc) is 2.55. The van der Waals surface area contributed by atoms with E-state index in [1.165, 1.54) is 0 Å². The summed E-state index contributed by atoms with van der Waals surface area (Å²) in [5.41, 5.74) is 1.11. The number of hydrogen-bond acceptors (Lipinski definition) is 3. The zero-order valence-electron chi connectivity index (χ0n) is 16.1. The van der Waals surface area contributed by atoms with Gasteiger partial charge in [0.15, 0.2) is 5.96 Å². The standard InChI is InChI=1S/C19H34N4O/c1-7-23(8-2)13-14-24-17-12-10-9-11-16(17)15-21-18(20-6)22-19(3,4)5/h9-12H,7-8,13-15H2,1-6H3,(H2,20,21,22). The van der Waals surface area contributed by atoms with Crippen molar-refractivity contribution in [3.63, 3.8) is 0 Å². The second kappa shape index (κ2) is 10.2. The first-order chi connectivity index (χ1) is 11.4. The lowest BCUT2D eigenvalue weighted by Crippen LogP contribution is -2.47. The number of likely N-dealkylation sites (N-methyl/N-ethyl adjacent to an activating group) is 1. The first-order valence-corrected chi connectivity index (χ1v) is 8.81. The third kappa shape index (κ3) is 7.68. The van der Waals surface area contributed by atoms with Crippen molar-refractivity contribution >= 4 is 5.96 Å². The molecule has 0 aliphatic rings. The number of nitrogens with one attached hydrogen (secondary N) is 2. The molecule has 1 aromatic rings. The van der Waals surface area contributed by atoms with Crippen LogP contribution in [-0.2, 0) is 6.54 Å². The molecule has 5 nitrogen and oxygen atoms in total. The summed E-state index contributed by atoms with van der Waals surface area (Å²) in [4.78, 5) is 6.63. The summed E-state index contributed by atoms with van der Waals surface area (Å²) in [5, 5.41) is 6.71. The number of rotatable bonds is 8. The second-order valence-electron chi connectivity index (χ2n) is 6.78. The highest BCUT2D eigenvalue weighted by Crippen LogP contribution is 2.17. The molecule has 24 heavy (non-hydrogen) atoms. The van der Waals surface area contributed by atoms with Gasteiger partial charge in [0, 0.05) is 31.2 Å². The maximum Gasteiger partial charge on any atom is 0.191 e. The van der Waals surface area contributed by atoms with Crippen molar-refractivity contribution in [1.29, 1.82) is 0 Å². The van der Waals surface area contributed by atoms with Gasteiger partial charge in [-0.2, -0.15) is 0 Å². The molecule has 0 fully saturated rings. The largest absolute Gasteiger partial charge is 0.492 e. The molecule has 0 unspecified atom stereocenters. The lowest BCUT2D eigenvalue weighted by molar-refractivity contribution is 0.221. The van der Waals surface area contributed by atoms with Crippen molar-refractivity contribution in [3.05, 3.63) is 29.8 Å². The number of para-hydroxylation sites is 1. The van der Waals surface area contributed by atoms with Crippen LogP contribution in [-0.4, -0.2) is 49.7 Å². The number of aliphatic imine (C=N–C) groups is 1. The molecule has 0 atom stereocenters. The van der Waals surface area contributed by atoms with E-state index in [1.807, 2.05) is 18.2 Å². The number of hydrogen-bond donors (Lipinski definition) is 2. The van der Waals surface area contributed by atoms with Crippen LogP contribution < -0.4 is 15.4 Å². The van der Waals surface area contributed by atoms with E-state index >= 15 is 0 Å². The van der Waals surface area contributed by atoms with Gasteiger partial charge in [-0.3, -0.25) is 4.99 Å². The molecule has 0 aliphatic heterocycles. The summed E-state index contributed by atoms with van der Waals surface area (Å²) in [6.07, 6.45) is 0. The normalized spacial score (nSPS) is 12.4. The molecule has 1 rings (SSSR count). The van der Waals surface area contributed by atoms with Crippen LogP contribution in [0.4, 0.5) is 0 Å². The zero-order valence-corrected chi connectivity index (χ0v) is 16.1. The van der Waals surface area contributed by atoms with Gasteiger partial charge in [-0.15, -0.1) is 0 Å². The summed E-state index contributed by atoms with van der Waals surface area (Å²) < 4.78 is 6.00. The maximum absolute atomic E-state index is 6.00. The Morgan fingerprint density at radius 3 is 2.42 bits per heavy atom.